The number of hydrogen-bond acceptors (Lipinski definition) is 8. The molecule has 13 nitrogen and oxygen atoms in total. The summed E-state index contributed by atoms with van der Waals surface area (Å²) in [6, 6.07) is 4.45. The first-order valence-electron chi connectivity index (χ1n) is 11.2. The number of amides is 1. The van der Waals surface area contributed by atoms with Crippen LogP contribution in [0.3, 0.4) is 0 Å². The van der Waals surface area contributed by atoms with Gasteiger partial charge in [0.1, 0.15) is 6.04 Å². The third-order valence-electron chi connectivity index (χ3n) is 5.29. The normalized spacial score (nSPS) is 14.9. The molecule has 1 amide bonds. The molecule has 5 N–H and O–H groups in total. The van der Waals surface area contributed by atoms with Crippen LogP contribution in [0.5, 0.6) is 0 Å². The van der Waals surface area contributed by atoms with Crippen LogP contribution >= 0.6 is 0 Å². The molecule has 0 saturated heterocycles. The van der Waals surface area contributed by atoms with Gasteiger partial charge in [-0.1, -0.05) is 18.2 Å². The lowest BCUT2D eigenvalue weighted by molar-refractivity contribution is -0.139. The maximum absolute atomic E-state index is 11.8. The number of nitrogens with zero attached hydrogens (tertiary/aromatic N) is 4. The van der Waals surface area contributed by atoms with E-state index in [0.29, 0.717) is 11.4 Å². The Labute approximate surface area is 207 Å². The van der Waals surface area contributed by atoms with Gasteiger partial charge in [-0.25, -0.2) is 9.59 Å². The molecule has 1 aromatic rings. The van der Waals surface area contributed by atoms with E-state index in [1.54, 1.807) is 23.1 Å². The van der Waals surface area contributed by atoms with Crippen molar-refractivity contribution >= 4 is 24.0 Å². The molecule has 0 aliphatic carbocycles. The summed E-state index contributed by atoms with van der Waals surface area (Å²) < 4.78 is 0. The molecule has 1 aromatic heterocycles. The Hall–Kier alpha value is -3.97. The molecule has 0 saturated carbocycles. The zero-order valence-electron chi connectivity index (χ0n) is 19.9. The Bertz CT molecular complexity index is 1010. The summed E-state index contributed by atoms with van der Waals surface area (Å²) in [4.78, 5) is 54.2. The van der Waals surface area contributed by atoms with Crippen molar-refractivity contribution in [2.45, 2.75) is 19.5 Å². The Morgan fingerprint density at radius 2 is 1.53 bits per heavy atom. The van der Waals surface area contributed by atoms with Gasteiger partial charge in [0, 0.05) is 50.7 Å². The minimum Gasteiger partial charge on any atom is -0.480 e. The summed E-state index contributed by atoms with van der Waals surface area (Å²) in [6.45, 7) is 1.62. The van der Waals surface area contributed by atoms with Gasteiger partial charge in [-0.05, 0) is 25.1 Å². The van der Waals surface area contributed by atoms with Crippen molar-refractivity contribution in [3.05, 3.63) is 53.5 Å². The van der Waals surface area contributed by atoms with Crippen molar-refractivity contribution in [3.8, 4) is 0 Å². The predicted molar refractivity (Wildman–Crippen MR) is 127 cm³/mol. The number of aliphatic carboxylic acids is 3. The first-order chi connectivity index (χ1) is 17.0. The minimum atomic E-state index is -1.22. The molecule has 1 unspecified atom stereocenters. The Morgan fingerprint density at radius 1 is 0.917 bits per heavy atom. The van der Waals surface area contributed by atoms with Crippen molar-refractivity contribution in [2.24, 2.45) is 0 Å². The minimum absolute atomic E-state index is 0.000112. The number of carboxylic acid groups (broad SMARTS) is 4. The van der Waals surface area contributed by atoms with E-state index in [2.05, 4.69) is 10.3 Å². The molecule has 36 heavy (non-hydrogen) atoms. The Kier molecular flexibility index (Phi) is 10.8. The maximum atomic E-state index is 11.8. The van der Waals surface area contributed by atoms with Gasteiger partial charge in [-0.3, -0.25) is 24.4 Å². The van der Waals surface area contributed by atoms with Crippen LogP contribution < -0.4 is 5.32 Å². The lowest BCUT2D eigenvalue weighted by Gasteiger charge is -2.29. The Balaban J connectivity index is 2.00. The number of hydrogen-bond donors (Lipinski definition) is 5. The fourth-order valence-electron chi connectivity index (χ4n) is 3.62. The van der Waals surface area contributed by atoms with Gasteiger partial charge in [0.05, 0.1) is 18.8 Å². The largest absolute Gasteiger partial charge is 0.480 e. The lowest BCUT2D eigenvalue weighted by atomic mass is 10.1. The fraction of sp³-hybridized carbons (Fsp3) is 0.435. The molecule has 2 heterocycles. The second kappa shape index (κ2) is 13.8. The molecular weight excluding hydrogens is 474 g/mol. The quantitative estimate of drug-likeness (QED) is 0.218. The highest BCUT2D eigenvalue weighted by Gasteiger charge is 2.22. The van der Waals surface area contributed by atoms with Crippen LogP contribution in [0.1, 0.15) is 11.4 Å². The van der Waals surface area contributed by atoms with E-state index in [-0.39, 0.29) is 52.4 Å². The summed E-state index contributed by atoms with van der Waals surface area (Å²) in [5.74, 6) is -3.25. The third kappa shape index (κ3) is 10.1. The van der Waals surface area contributed by atoms with E-state index in [9.17, 15) is 39.6 Å². The van der Waals surface area contributed by atoms with Crippen molar-refractivity contribution < 1.29 is 39.6 Å². The molecule has 1 atom stereocenters. The topological polar surface area (TPSA) is 184 Å². The van der Waals surface area contributed by atoms with Crippen molar-refractivity contribution in [1.82, 2.24) is 25.0 Å². The van der Waals surface area contributed by atoms with Crippen molar-refractivity contribution in [2.75, 3.05) is 45.8 Å². The number of allylic oxidation sites excluding steroid dienone is 2. The highest BCUT2D eigenvalue weighted by Crippen LogP contribution is 2.07. The number of carbonyl (C=O) groups is 4. The van der Waals surface area contributed by atoms with E-state index in [4.69, 9.17) is 0 Å². The van der Waals surface area contributed by atoms with Gasteiger partial charge in [0.15, 0.2) is 0 Å². The van der Waals surface area contributed by atoms with Crippen LogP contribution in [0, 0.1) is 6.92 Å². The highest BCUT2D eigenvalue weighted by molar-refractivity contribution is 5.76. The highest BCUT2D eigenvalue weighted by atomic mass is 16.4. The maximum Gasteiger partial charge on any atom is 0.407 e. The van der Waals surface area contributed by atoms with Crippen molar-refractivity contribution in [1.29, 1.82) is 0 Å². The summed E-state index contributed by atoms with van der Waals surface area (Å²) in [5, 5.41) is 40.1. The fourth-order valence-corrected chi connectivity index (χ4v) is 3.62. The van der Waals surface area contributed by atoms with Gasteiger partial charge in [-0.15, -0.1) is 0 Å². The van der Waals surface area contributed by atoms with Crippen LogP contribution in [-0.2, 0) is 20.9 Å². The molecule has 2 rings (SSSR count). The molecule has 0 aromatic carbocycles. The molecule has 0 bridgehead atoms. The van der Waals surface area contributed by atoms with E-state index < -0.39 is 30.0 Å². The van der Waals surface area contributed by atoms with Crippen LogP contribution in [0.2, 0.25) is 0 Å². The second-order valence-electron chi connectivity index (χ2n) is 8.29. The van der Waals surface area contributed by atoms with Gasteiger partial charge < -0.3 is 30.6 Å². The number of pyridine rings is 1. The second-order valence-corrected chi connectivity index (χ2v) is 8.29. The predicted octanol–water partition coefficient (Wildman–Crippen LogP) is 0.140. The number of rotatable bonds is 15. The first-order valence-corrected chi connectivity index (χ1v) is 11.2. The van der Waals surface area contributed by atoms with Crippen LogP contribution in [0.25, 0.3) is 0 Å². The molecular formula is C23H31N5O8. The van der Waals surface area contributed by atoms with E-state index in [1.807, 2.05) is 19.1 Å². The molecule has 196 valence electrons. The van der Waals surface area contributed by atoms with Crippen molar-refractivity contribution in [3.63, 3.8) is 0 Å². The number of aromatic nitrogens is 1. The summed E-state index contributed by atoms with van der Waals surface area (Å²) in [5.41, 5.74) is 1.93. The van der Waals surface area contributed by atoms with Gasteiger partial charge in [-0.2, -0.15) is 0 Å². The zero-order chi connectivity index (χ0) is 26.7. The third-order valence-corrected chi connectivity index (χ3v) is 5.29. The summed E-state index contributed by atoms with van der Waals surface area (Å²) >= 11 is 0. The molecule has 0 fully saturated rings. The van der Waals surface area contributed by atoms with Gasteiger partial charge in [0.25, 0.3) is 0 Å². The van der Waals surface area contributed by atoms with Gasteiger partial charge >= 0.3 is 24.0 Å². The van der Waals surface area contributed by atoms with Gasteiger partial charge in [0.2, 0.25) is 0 Å². The van der Waals surface area contributed by atoms with Crippen LogP contribution in [-0.4, -0.2) is 116 Å². The Morgan fingerprint density at radius 3 is 2.06 bits per heavy atom. The van der Waals surface area contributed by atoms with Crippen LogP contribution in [0.15, 0.2) is 42.1 Å². The number of aryl methyl sites for hydroxylation is 1. The lowest BCUT2D eigenvalue weighted by Crippen LogP contribution is -2.46. The van der Waals surface area contributed by atoms with Crippen LogP contribution in [0.4, 0.5) is 4.79 Å². The number of nitrogens with one attached hydrogen (secondary N) is 1. The molecule has 0 spiro atoms. The standard InChI is InChI=1S/C23H31N5O8/c1-16-4-2-5-17(24-16)12-26(14-20(29)30)8-10-28(23(35)36)11-9-27(15-21(31)32)13-18-6-3-7-19(25-18)22(33)34/h2-7,19,25H,8-15H2,1H3,(H,29,30)(H,31,32)(H,33,34)(H,35,36). The van der Waals surface area contributed by atoms with E-state index >= 15 is 0 Å². The van der Waals surface area contributed by atoms with E-state index in [1.165, 1.54) is 11.0 Å². The number of carboxylic acids is 3. The summed E-state index contributed by atoms with van der Waals surface area (Å²) in [7, 11) is 0. The molecule has 0 radical (unpaired) electrons. The molecule has 1 aliphatic rings. The average molecular weight is 506 g/mol. The zero-order valence-corrected chi connectivity index (χ0v) is 19.9. The molecule has 13 heteroatoms. The van der Waals surface area contributed by atoms with E-state index in [0.717, 1.165) is 10.6 Å². The molecule has 1 aliphatic heterocycles. The number of dihydropyridines is 1. The smallest absolute Gasteiger partial charge is 0.407 e. The first kappa shape index (κ1) is 28.3. The summed E-state index contributed by atoms with van der Waals surface area (Å²) in [6.07, 6.45) is 3.42. The average Bonchev–Trinajstić information content (AvgIpc) is 2.78. The SMILES string of the molecule is Cc1cccc(CN(CCN(CCN(CC(=O)O)CC2=CC=CC(C(=O)O)N2)C(=O)O)CC(=O)O)n1. The monoisotopic (exact) mass is 505 g/mol.